The molecular formula is C19H14Cl3F3N2O4. The van der Waals surface area contributed by atoms with Gasteiger partial charge in [0.1, 0.15) is 6.54 Å². The summed E-state index contributed by atoms with van der Waals surface area (Å²) in [6, 6.07) is 6.55. The summed E-state index contributed by atoms with van der Waals surface area (Å²) in [5.74, 6) is -2.55. The van der Waals surface area contributed by atoms with Gasteiger partial charge in [0.25, 0.3) is 11.8 Å². The van der Waals surface area contributed by atoms with Gasteiger partial charge in [-0.25, -0.2) is 0 Å². The highest BCUT2D eigenvalue weighted by atomic mass is 35.5. The van der Waals surface area contributed by atoms with E-state index in [2.05, 4.69) is 10.6 Å². The molecule has 1 atom stereocenters. The fraction of sp³-hybridized carbons (Fsp3) is 0.211. The number of rotatable bonds is 6. The molecule has 1 unspecified atom stereocenters. The van der Waals surface area contributed by atoms with Crippen LogP contribution in [0.25, 0.3) is 0 Å². The molecule has 31 heavy (non-hydrogen) atoms. The molecule has 2 N–H and O–H groups in total. The lowest BCUT2D eigenvalue weighted by molar-refractivity contribution is -0.152. The SMILES string of the molecule is CC(OC(=O)CNC(=O)c1ccc(Cl)cc1Cl)C(=O)Nc1cc(C(F)(F)F)ccc1Cl. The highest BCUT2D eigenvalue weighted by Crippen LogP contribution is 2.33. The molecule has 2 amide bonds. The molecule has 0 saturated heterocycles. The fourth-order valence-electron chi connectivity index (χ4n) is 2.25. The third kappa shape index (κ3) is 7.02. The average Bonchev–Trinajstić information content (AvgIpc) is 2.66. The van der Waals surface area contributed by atoms with Crippen molar-refractivity contribution in [2.45, 2.75) is 19.2 Å². The van der Waals surface area contributed by atoms with Crippen LogP contribution < -0.4 is 10.6 Å². The molecule has 0 aliphatic carbocycles. The molecule has 12 heteroatoms. The van der Waals surface area contributed by atoms with Gasteiger partial charge in [-0.1, -0.05) is 34.8 Å². The molecule has 166 valence electrons. The number of hydrogen-bond donors (Lipinski definition) is 2. The molecule has 0 spiro atoms. The van der Waals surface area contributed by atoms with E-state index in [0.29, 0.717) is 11.1 Å². The van der Waals surface area contributed by atoms with Crippen LogP contribution in [0.5, 0.6) is 0 Å². The van der Waals surface area contributed by atoms with Crippen molar-refractivity contribution < 1.29 is 32.3 Å². The molecule has 6 nitrogen and oxygen atoms in total. The van der Waals surface area contributed by atoms with E-state index in [1.807, 2.05) is 0 Å². The number of hydrogen-bond acceptors (Lipinski definition) is 4. The van der Waals surface area contributed by atoms with Gasteiger partial charge in [0.05, 0.1) is 26.9 Å². The molecule has 0 aliphatic heterocycles. The number of nitrogens with one attached hydrogen (secondary N) is 2. The number of amides is 2. The predicted octanol–water partition coefficient (Wildman–Crippen LogP) is 4.97. The van der Waals surface area contributed by atoms with Crippen LogP contribution in [0.15, 0.2) is 36.4 Å². The number of alkyl halides is 3. The maximum Gasteiger partial charge on any atom is 0.416 e. The zero-order chi connectivity index (χ0) is 23.3. The van der Waals surface area contributed by atoms with Gasteiger partial charge in [0.2, 0.25) is 0 Å². The zero-order valence-corrected chi connectivity index (χ0v) is 17.9. The minimum absolute atomic E-state index is 0.0730. The molecular weight excluding hydrogens is 484 g/mol. The summed E-state index contributed by atoms with van der Waals surface area (Å²) in [4.78, 5) is 36.1. The Balaban J connectivity index is 1.92. The fourth-order valence-corrected chi connectivity index (χ4v) is 2.90. The minimum atomic E-state index is -4.63. The summed E-state index contributed by atoms with van der Waals surface area (Å²) < 4.78 is 43.3. The lowest BCUT2D eigenvalue weighted by Crippen LogP contribution is -2.36. The van der Waals surface area contributed by atoms with Gasteiger partial charge in [-0.2, -0.15) is 13.2 Å². The zero-order valence-electron chi connectivity index (χ0n) is 15.6. The Morgan fingerprint density at radius 3 is 2.32 bits per heavy atom. The summed E-state index contributed by atoms with van der Waals surface area (Å²) in [6.45, 7) is 0.617. The summed E-state index contributed by atoms with van der Waals surface area (Å²) in [5.41, 5.74) is -1.24. The van der Waals surface area contributed by atoms with Crippen molar-refractivity contribution in [1.82, 2.24) is 5.32 Å². The molecule has 2 rings (SSSR count). The van der Waals surface area contributed by atoms with Crippen molar-refractivity contribution in [1.29, 1.82) is 0 Å². The second-order valence-electron chi connectivity index (χ2n) is 6.12. The predicted molar refractivity (Wildman–Crippen MR) is 109 cm³/mol. The molecule has 2 aromatic carbocycles. The van der Waals surface area contributed by atoms with E-state index < -0.39 is 42.2 Å². The van der Waals surface area contributed by atoms with Crippen LogP contribution >= 0.6 is 34.8 Å². The first-order chi connectivity index (χ1) is 14.4. The molecule has 0 aromatic heterocycles. The lowest BCUT2D eigenvalue weighted by atomic mass is 10.2. The van der Waals surface area contributed by atoms with Crippen molar-refractivity contribution in [3.05, 3.63) is 62.6 Å². The van der Waals surface area contributed by atoms with Gasteiger partial charge in [-0.05, 0) is 43.3 Å². The molecule has 0 bridgehead atoms. The topological polar surface area (TPSA) is 84.5 Å². The monoisotopic (exact) mass is 496 g/mol. The molecule has 0 heterocycles. The van der Waals surface area contributed by atoms with Crippen LogP contribution in [0.2, 0.25) is 15.1 Å². The normalized spacial score (nSPS) is 12.1. The molecule has 0 saturated carbocycles. The van der Waals surface area contributed by atoms with Crippen LogP contribution in [-0.2, 0) is 20.5 Å². The lowest BCUT2D eigenvalue weighted by Gasteiger charge is -2.16. The third-order valence-corrected chi connectivity index (χ3v) is 4.68. The number of esters is 1. The van der Waals surface area contributed by atoms with Crippen LogP contribution in [-0.4, -0.2) is 30.4 Å². The highest BCUT2D eigenvalue weighted by molar-refractivity contribution is 6.36. The number of halogens is 6. The maximum atomic E-state index is 12.8. The Labute approximate surface area is 189 Å². The van der Waals surface area contributed by atoms with Gasteiger partial charge < -0.3 is 15.4 Å². The standard InChI is InChI=1S/C19H14Cl3F3N2O4/c1-9(17(29)27-15-6-10(19(23,24)25)2-5-13(15)21)31-16(28)8-26-18(30)12-4-3-11(20)7-14(12)22/h2-7,9H,8H2,1H3,(H,26,30)(H,27,29). The number of carbonyl (C=O) groups is 3. The van der Waals surface area contributed by atoms with Crippen molar-refractivity contribution in [2.75, 3.05) is 11.9 Å². The Hall–Kier alpha value is -2.49. The summed E-state index contributed by atoms with van der Waals surface area (Å²) in [6.07, 6.45) is -6.01. The van der Waals surface area contributed by atoms with E-state index in [0.717, 1.165) is 12.1 Å². The molecule has 0 radical (unpaired) electrons. The number of benzene rings is 2. The summed E-state index contributed by atoms with van der Waals surface area (Å²) >= 11 is 17.5. The van der Waals surface area contributed by atoms with Crippen LogP contribution in [0, 0.1) is 0 Å². The van der Waals surface area contributed by atoms with Gasteiger partial charge in [0, 0.05) is 5.02 Å². The van der Waals surface area contributed by atoms with Crippen molar-refractivity contribution in [3.8, 4) is 0 Å². The maximum absolute atomic E-state index is 12.8. The van der Waals surface area contributed by atoms with Crippen molar-refractivity contribution in [2.24, 2.45) is 0 Å². The minimum Gasteiger partial charge on any atom is -0.451 e. The average molecular weight is 498 g/mol. The first-order valence-electron chi connectivity index (χ1n) is 8.49. The summed E-state index contributed by atoms with van der Waals surface area (Å²) in [5, 5.41) is 4.70. The molecule has 0 aliphatic rings. The van der Waals surface area contributed by atoms with E-state index in [-0.39, 0.29) is 21.3 Å². The van der Waals surface area contributed by atoms with Crippen LogP contribution in [0.4, 0.5) is 18.9 Å². The van der Waals surface area contributed by atoms with Gasteiger partial charge in [-0.3, -0.25) is 14.4 Å². The molecule has 2 aromatic rings. The Morgan fingerprint density at radius 1 is 1.03 bits per heavy atom. The number of carbonyl (C=O) groups excluding carboxylic acids is 3. The first kappa shape index (κ1) is 24.8. The van der Waals surface area contributed by atoms with E-state index >= 15 is 0 Å². The smallest absolute Gasteiger partial charge is 0.416 e. The second-order valence-corrected chi connectivity index (χ2v) is 7.37. The van der Waals surface area contributed by atoms with E-state index in [1.54, 1.807) is 0 Å². The Kier molecular flexibility index (Phi) is 8.16. The first-order valence-corrected chi connectivity index (χ1v) is 9.62. The van der Waals surface area contributed by atoms with E-state index in [4.69, 9.17) is 39.5 Å². The van der Waals surface area contributed by atoms with Crippen molar-refractivity contribution >= 4 is 58.3 Å². The Bertz CT molecular complexity index is 1020. The van der Waals surface area contributed by atoms with Gasteiger partial charge in [0.15, 0.2) is 6.10 Å². The van der Waals surface area contributed by atoms with Crippen LogP contribution in [0.1, 0.15) is 22.8 Å². The third-order valence-electron chi connectivity index (χ3n) is 3.80. The summed E-state index contributed by atoms with van der Waals surface area (Å²) in [7, 11) is 0. The quantitative estimate of drug-likeness (QED) is 0.552. The van der Waals surface area contributed by atoms with Gasteiger partial charge >= 0.3 is 12.1 Å². The largest absolute Gasteiger partial charge is 0.451 e. The second kappa shape index (κ2) is 10.2. The van der Waals surface area contributed by atoms with Crippen LogP contribution in [0.3, 0.4) is 0 Å². The van der Waals surface area contributed by atoms with Gasteiger partial charge in [-0.15, -0.1) is 0 Å². The highest BCUT2D eigenvalue weighted by Gasteiger charge is 2.31. The van der Waals surface area contributed by atoms with E-state index in [1.165, 1.54) is 25.1 Å². The van der Waals surface area contributed by atoms with E-state index in [9.17, 15) is 27.6 Å². The number of ether oxygens (including phenoxy) is 1. The molecule has 0 fully saturated rings. The number of anilines is 1. The Morgan fingerprint density at radius 2 is 1.71 bits per heavy atom. The van der Waals surface area contributed by atoms with Crippen molar-refractivity contribution in [3.63, 3.8) is 0 Å².